The molecule has 0 bridgehead atoms. The minimum atomic E-state index is -0.461. The number of hydrogen-bond donors (Lipinski definition) is 3. The summed E-state index contributed by atoms with van der Waals surface area (Å²) in [5.74, 6) is -0.853. The van der Waals surface area contributed by atoms with Crippen molar-refractivity contribution in [2.24, 2.45) is 11.5 Å². The normalized spacial score (nSPS) is 14.7. The van der Waals surface area contributed by atoms with Crippen molar-refractivity contribution in [3.63, 3.8) is 0 Å². The third-order valence-electron chi connectivity index (χ3n) is 2.12. The maximum atomic E-state index is 11.0. The van der Waals surface area contributed by atoms with Crippen molar-refractivity contribution in [2.75, 3.05) is 0 Å². The van der Waals surface area contributed by atoms with Crippen molar-refractivity contribution in [3.05, 3.63) is 0 Å². The maximum Gasteiger partial charge on any atom is 0.234 e. The van der Waals surface area contributed by atoms with Crippen molar-refractivity contribution in [1.82, 2.24) is 5.32 Å². The number of nitrogens with one attached hydrogen (secondary N) is 1. The molecule has 0 aromatic heterocycles. The van der Waals surface area contributed by atoms with E-state index in [-0.39, 0.29) is 12.5 Å². The van der Waals surface area contributed by atoms with E-state index in [1.807, 2.05) is 13.8 Å². The standard InChI is InChI=1S/C9H19N3O2/c1-3-6(2)12-7(9(11)14)4-5-8(10)13/h6-7,12H,3-5H2,1-2H3,(H2,10,13)(H2,11,14). The first-order valence-electron chi connectivity index (χ1n) is 4.81. The Kier molecular flexibility index (Phi) is 5.87. The molecule has 5 nitrogen and oxygen atoms in total. The van der Waals surface area contributed by atoms with Gasteiger partial charge < -0.3 is 16.8 Å². The van der Waals surface area contributed by atoms with Crippen molar-refractivity contribution in [3.8, 4) is 0 Å². The van der Waals surface area contributed by atoms with Gasteiger partial charge in [-0.3, -0.25) is 9.59 Å². The third-order valence-corrected chi connectivity index (χ3v) is 2.12. The van der Waals surface area contributed by atoms with Crippen LogP contribution in [0, 0.1) is 0 Å². The van der Waals surface area contributed by atoms with Gasteiger partial charge in [0.25, 0.3) is 0 Å². The van der Waals surface area contributed by atoms with E-state index >= 15 is 0 Å². The first-order valence-corrected chi connectivity index (χ1v) is 4.81. The molecule has 0 saturated heterocycles. The molecule has 2 atom stereocenters. The molecule has 0 radical (unpaired) electrons. The molecule has 0 saturated carbocycles. The van der Waals surface area contributed by atoms with E-state index in [0.29, 0.717) is 6.42 Å². The van der Waals surface area contributed by atoms with Gasteiger partial charge in [-0.1, -0.05) is 6.92 Å². The average Bonchev–Trinajstić information content (AvgIpc) is 2.10. The molecule has 14 heavy (non-hydrogen) atoms. The van der Waals surface area contributed by atoms with Crippen LogP contribution in [0.25, 0.3) is 0 Å². The van der Waals surface area contributed by atoms with Crippen LogP contribution in [0.15, 0.2) is 0 Å². The lowest BCUT2D eigenvalue weighted by atomic mass is 10.1. The van der Waals surface area contributed by atoms with Crippen LogP contribution < -0.4 is 16.8 Å². The van der Waals surface area contributed by atoms with Crippen molar-refractivity contribution >= 4 is 11.8 Å². The van der Waals surface area contributed by atoms with Gasteiger partial charge in [0.2, 0.25) is 11.8 Å². The van der Waals surface area contributed by atoms with Gasteiger partial charge in [-0.15, -0.1) is 0 Å². The highest BCUT2D eigenvalue weighted by atomic mass is 16.1. The summed E-state index contributed by atoms with van der Waals surface area (Å²) >= 11 is 0. The summed E-state index contributed by atoms with van der Waals surface area (Å²) in [5.41, 5.74) is 10.2. The molecule has 5 N–H and O–H groups in total. The van der Waals surface area contributed by atoms with Gasteiger partial charge in [-0.2, -0.15) is 0 Å². The Balaban J connectivity index is 4.02. The Labute approximate surface area is 84.2 Å². The lowest BCUT2D eigenvalue weighted by molar-refractivity contribution is -0.121. The highest BCUT2D eigenvalue weighted by molar-refractivity contribution is 5.81. The number of rotatable bonds is 7. The van der Waals surface area contributed by atoms with Crippen molar-refractivity contribution in [1.29, 1.82) is 0 Å². The summed E-state index contributed by atoms with van der Waals surface area (Å²) in [4.78, 5) is 21.5. The molecule has 0 fully saturated rings. The number of primary amides is 2. The smallest absolute Gasteiger partial charge is 0.234 e. The molecule has 0 aromatic carbocycles. The average molecular weight is 201 g/mol. The monoisotopic (exact) mass is 201 g/mol. The summed E-state index contributed by atoms with van der Waals surface area (Å²) in [6.07, 6.45) is 1.45. The van der Waals surface area contributed by atoms with Crippen LogP contribution in [0.5, 0.6) is 0 Å². The molecule has 5 heteroatoms. The lowest BCUT2D eigenvalue weighted by Gasteiger charge is -2.19. The lowest BCUT2D eigenvalue weighted by Crippen LogP contribution is -2.45. The molecular formula is C9H19N3O2. The van der Waals surface area contributed by atoms with Gasteiger partial charge in [-0.05, 0) is 19.8 Å². The second-order valence-corrected chi connectivity index (χ2v) is 3.44. The topological polar surface area (TPSA) is 98.2 Å². The molecule has 0 heterocycles. The molecule has 2 amide bonds. The van der Waals surface area contributed by atoms with Crippen LogP contribution in [-0.2, 0) is 9.59 Å². The number of carbonyl (C=O) groups excluding carboxylic acids is 2. The van der Waals surface area contributed by atoms with Crippen LogP contribution in [0.1, 0.15) is 33.1 Å². The van der Waals surface area contributed by atoms with E-state index in [0.717, 1.165) is 6.42 Å². The van der Waals surface area contributed by atoms with Gasteiger partial charge in [0, 0.05) is 12.5 Å². The predicted molar refractivity (Wildman–Crippen MR) is 54.3 cm³/mol. The largest absolute Gasteiger partial charge is 0.370 e. The van der Waals surface area contributed by atoms with Gasteiger partial charge in [0.1, 0.15) is 0 Å². The van der Waals surface area contributed by atoms with E-state index in [9.17, 15) is 9.59 Å². The number of carbonyl (C=O) groups is 2. The zero-order valence-electron chi connectivity index (χ0n) is 8.75. The van der Waals surface area contributed by atoms with E-state index in [1.165, 1.54) is 0 Å². The van der Waals surface area contributed by atoms with Gasteiger partial charge in [-0.25, -0.2) is 0 Å². The Bertz CT molecular complexity index is 206. The minimum Gasteiger partial charge on any atom is -0.370 e. The fourth-order valence-electron chi connectivity index (χ4n) is 1.06. The number of nitrogens with two attached hydrogens (primary N) is 2. The quantitative estimate of drug-likeness (QED) is 0.517. The molecule has 0 aliphatic carbocycles. The fourth-order valence-corrected chi connectivity index (χ4v) is 1.06. The molecule has 0 spiro atoms. The molecule has 0 aliphatic heterocycles. The Morgan fingerprint density at radius 1 is 1.36 bits per heavy atom. The van der Waals surface area contributed by atoms with Crippen LogP contribution in [0.4, 0.5) is 0 Å². The highest BCUT2D eigenvalue weighted by Crippen LogP contribution is 1.99. The molecule has 0 rings (SSSR count). The Morgan fingerprint density at radius 3 is 2.29 bits per heavy atom. The highest BCUT2D eigenvalue weighted by Gasteiger charge is 2.17. The first-order chi connectivity index (χ1) is 6.47. The van der Waals surface area contributed by atoms with E-state index < -0.39 is 17.9 Å². The van der Waals surface area contributed by atoms with Gasteiger partial charge >= 0.3 is 0 Å². The summed E-state index contributed by atoms with van der Waals surface area (Å²) < 4.78 is 0. The second-order valence-electron chi connectivity index (χ2n) is 3.44. The molecule has 2 unspecified atom stereocenters. The van der Waals surface area contributed by atoms with Crippen molar-refractivity contribution < 1.29 is 9.59 Å². The summed E-state index contributed by atoms with van der Waals surface area (Å²) in [7, 11) is 0. The molecule has 0 aliphatic rings. The second kappa shape index (κ2) is 6.37. The molecule has 0 aromatic rings. The number of amides is 2. The zero-order valence-corrected chi connectivity index (χ0v) is 8.75. The van der Waals surface area contributed by atoms with Crippen LogP contribution >= 0.6 is 0 Å². The predicted octanol–water partition coefficient (Wildman–Crippen LogP) is -0.506. The summed E-state index contributed by atoms with van der Waals surface area (Å²) in [6, 6.07) is -0.252. The maximum absolute atomic E-state index is 11.0. The third kappa shape index (κ3) is 5.53. The van der Waals surface area contributed by atoms with Crippen molar-refractivity contribution in [2.45, 2.75) is 45.2 Å². The Hall–Kier alpha value is -1.10. The zero-order chi connectivity index (χ0) is 11.1. The SMILES string of the molecule is CCC(C)NC(CCC(N)=O)C(N)=O. The summed E-state index contributed by atoms with van der Waals surface area (Å²) in [6.45, 7) is 3.96. The number of hydrogen-bond acceptors (Lipinski definition) is 3. The molecule has 82 valence electrons. The fraction of sp³-hybridized carbons (Fsp3) is 0.778. The van der Waals surface area contributed by atoms with Crippen LogP contribution in [-0.4, -0.2) is 23.9 Å². The molecular weight excluding hydrogens is 182 g/mol. The first kappa shape index (κ1) is 12.9. The van der Waals surface area contributed by atoms with E-state index in [4.69, 9.17) is 11.5 Å². The van der Waals surface area contributed by atoms with E-state index in [2.05, 4.69) is 5.32 Å². The van der Waals surface area contributed by atoms with Crippen LogP contribution in [0.3, 0.4) is 0 Å². The van der Waals surface area contributed by atoms with Crippen LogP contribution in [0.2, 0.25) is 0 Å². The van der Waals surface area contributed by atoms with Gasteiger partial charge in [0.15, 0.2) is 0 Å². The minimum absolute atomic E-state index is 0.178. The van der Waals surface area contributed by atoms with E-state index in [1.54, 1.807) is 0 Å². The van der Waals surface area contributed by atoms with Gasteiger partial charge in [0.05, 0.1) is 6.04 Å². The summed E-state index contributed by atoms with van der Waals surface area (Å²) in [5, 5.41) is 3.04. The Morgan fingerprint density at radius 2 is 1.93 bits per heavy atom.